The summed E-state index contributed by atoms with van der Waals surface area (Å²) in [7, 11) is 1.65. The lowest BCUT2D eigenvalue weighted by atomic mass is 9.99. The Morgan fingerprint density at radius 1 is 1.20 bits per heavy atom. The van der Waals surface area contributed by atoms with Gasteiger partial charge in [0.2, 0.25) is 5.91 Å². The van der Waals surface area contributed by atoms with Crippen molar-refractivity contribution in [3.8, 4) is 5.75 Å². The second kappa shape index (κ2) is 8.17. The van der Waals surface area contributed by atoms with Crippen LogP contribution in [-0.4, -0.2) is 37.0 Å². The van der Waals surface area contributed by atoms with Crippen LogP contribution >= 0.6 is 0 Å². The quantitative estimate of drug-likeness (QED) is 0.879. The number of benzene rings is 2. The second-order valence-electron chi connectivity index (χ2n) is 6.63. The second-order valence-corrected chi connectivity index (χ2v) is 6.63. The number of ether oxygens (including phenoxy) is 1. The van der Waals surface area contributed by atoms with Crippen LogP contribution in [0.4, 0.5) is 0 Å². The van der Waals surface area contributed by atoms with Crippen LogP contribution in [0, 0.1) is 0 Å². The van der Waals surface area contributed by atoms with Gasteiger partial charge in [-0.3, -0.25) is 9.69 Å². The van der Waals surface area contributed by atoms with Gasteiger partial charge in [-0.15, -0.1) is 0 Å². The van der Waals surface area contributed by atoms with E-state index in [2.05, 4.69) is 34.5 Å². The monoisotopic (exact) mass is 338 g/mol. The molecule has 3 rings (SSSR count). The third-order valence-electron chi connectivity index (χ3n) is 5.04. The molecule has 0 aromatic heterocycles. The van der Waals surface area contributed by atoms with Crippen molar-refractivity contribution in [1.82, 2.24) is 10.2 Å². The molecule has 4 nitrogen and oxygen atoms in total. The maximum absolute atomic E-state index is 12.5. The van der Waals surface area contributed by atoms with Gasteiger partial charge < -0.3 is 10.1 Å². The van der Waals surface area contributed by atoms with E-state index in [4.69, 9.17) is 4.74 Å². The van der Waals surface area contributed by atoms with E-state index in [9.17, 15) is 4.79 Å². The normalized spacial score (nSPS) is 18.7. The molecule has 0 saturated carbocycles. The van der Waals surface area contributed by atoms with Gasteiger partial charge in [0, 0.05) is 13.1 Å². The van der Waals surface area contributed by atoms with Gasteiger partial charge in [-0.1, -0.05) is 42.5 Å². The Morgan fingerprint density at radius 2 is 1.92 bits per heavy atom. The van der Waals surface area contributed by atoms with Crippen LogP contribution in [0.25, 0.3) is 0 Å². The van der Waals surface area contributed by atoms with Crippen LogP contribution in [-0.2, 0) is 11.3 Å². The van der Waals surface area contributed by atoms with Crippen LogP contribution in [0.15, 0.2) is 54.6 Å². The van der Waals surface area contributed by atoms with Gasteiger partial charge in [0.05, 0.1) is 13.2 Å². The minimum absolute atomic E-state index is 0.0875. The summed E-state index contributed by atoms with van der Waals surface area (Å²) < 4.78 is 5.15. The van der Waals surface area contributed by atoms with Crippen molar-refractivity contribution in [1.29, 1.82) is 0 Å². The van der Waals surface area contributed by atoms with Gasteiger partial charge in [0.25, 0.3) is 0 Å². The largest absolute Gasteiger partial charge is 0.497 e. The lowest BCUT2D eigenvalue weighted by molar-refractivity contribution is -0.125. The zero-order valence-corrected chi connectivity index (χ0v) is 14.9. The fourth-order valence-corrected chi connectivity index (χ4v) is 3.38. The van der Waals surface area contributed by atoms with Crippen molar-refractivity contribution in [2.75, 3.05) is 20.2 Å². The van der Waals surface area contributed by atoms with Crippen LogP contribution in [0.1, 0.15) is 30.4 Å². The molecule has 0 radical (unpaired) electrons. The lowest BCUT2D eigenvalue weighted by Crippen LogP contribution is -2.43. The smallest absolute Gasteiger partial charge is 0.237 e. The minimum atomic E-state index is -0.105. The molecule has 0 spiro atoms. The summed E-state index contributed by atoms with van der Waals surface area (Å²) in [5.41, 5.74) is 2.45. The Hall–Kier alpha value is -2.33. The maximum atomic E-state index is 12.5. The highest BCUT2D eigenvalue weighted by molar-refractivity contribution is 5.81. The Labute approximate surface area is 149 Å². The SMILES string of the molecule is COc1ccc(CNC(=O)[C@@H](C)N2CC[C@H](c3ccccc3)C2)cc1. The molecular formula is C21H26N2O2. The average molecular weight is 338 g/mol. The number of nitrogens with zero attached hydrogens (tertiary/aromatic N) is 1. The third-order valence-corrected chi connectivity index (χ3v) is 5.04. The molecule has 1 N–H and O–H groups in total. The number of methoxy groups -OCH3 is 1. The van der Waals surface area contributed by atoms with Crippen molar-refractivity contribution in [3.05, 3.63) is 65.7 Å². The summed E-state index contributed by atoms with van der Waals surface area (Å²) in [6.45, 7) is 4.46. The number of amides is 1. The molecule has 0 bridgehead atoms. The predicted octanol–water partition coefficient (Wildman–Crippen LogP) is 3.19. The van der Waals surface area contributed by atoms with Gasteiger partial charge in [0.15, 0.2) is 0 Å². The first-order chi connectivity index (χ1) is 12.2. The Bertz CT molecular complexity index is 685. The van der Waals surface area contributed by atoms with E-state index in [1.807, 2.05) is 37.3 Å². The summed E-state index contributed by atoms with van der Waals surface area (Å²) in [5.74, 6) is 1.44. The zero-order chi connectivity index (χ0) is 17.6. The number of nitrogens with one attached hydrogen (secondary N) is 1. The van der Waals surface area contributed by atoms with Crippen molar-refractivity contribution in [3.63, 3.8) is 0 Å². The molecular weight excluding hydrogens is 312 g/mol. The van der Waals surface area contributed by atoms with E-state index >= 15 is 0 Å². The molecule has 1 amide bonds. The van der Waals surface area contributed by atoms with E-state index in [1.54, 1.807) is 7.11 Å². The minimum Gasteiger partial charge on any atom is -0.497 e. The number of hydrogen-bond donors (Lipinski definition) is 1. The lowest BCUT2D eigenvalue weighted by Gasteiger charge is -2.23. The molecule has 2 aromatic carbocycles. The molecule has 132 valence electrons. The van der Waals surface area contributed by atoms with Crippen molar-refractivity contribution in [2.45, 2.75) is 31.8 Å². The number of carbonyl (C=O) groups is 1. The molecule has 2 atom stereocenters. The average Bonchev–Trinajstić information content (AvgIpc) is 3.16. The fourth-order valence-electron chi connectivity index (χ4n) is 3.38. The number of carbonyl (C=O) groups excluding carboxylic acids is 1. The molecule has 1 heterocycles. The van der Waals surface area contributed by atoms with Gasteiger partial charge in [-0.25, -0.2) is 0 Å². The Balaban J connectivity index is 1.50. The first kappa shape index (κ1) is 17.5. The first-order valence-corrected chi connectivity index (χ1v) is 8.87. The van der Waals surface area contributed by atoms with Gasteiger partial charge >= 0.3 is 0 Å². The summed E-state index contributed by atoms with van der Waals surface area (Å²) in [4.78, 5) is 14.8. The van der Waals surface area contributed by atoms with Crippen molar-refractivity contribution < 1.29 is 9.53 Å². The van der Waals surface area contributed by atoms with Gasteiger partial charge in [-0.05, 0) is 49.1 Å². The maximum Gasteiger partial charge on any atom is 0.237 e. The van der Waals surface area contributed by atoms with Crippen LogP contribution < -0.4 is 10.1 Å². The highest BCUT2D eigenvalue weighted by atomic mass is 16.5. The highest BCUT2D eigenvalue weighted by Crippen LogP contribution is 2.28. The molecule has 2 aromatic rings. The molecule has 0 unspecified atom stereocenters. The standard InChI is InChI=1S/C21H26N2O2/c1-16(21(24)22-14-17-8-10-20(25-2)11-9-17)23-13-12-19(15-23)18-6-4-3-5-7-18/h3-11,16,19H,12-15H2,1-2H3,(H,22,24)/t16-,19+/m1/s1. The molecule has 1 aliphatic heterocycles. The summed E-state index contributed by atoms with van der Waals surface area (Å²) >= 11 is 0. The van der Waals surface area contributed by atoms with E-state index in [1.165, 1.54) is 5.56 Å². The first-order valence-electron chi connectivity index (χ1n) is 8.87. The van der Waals surface area contributed by atoms with Gasteiger partial charge in [-0.2, -0.15) is 0 Å². The van der Waals surface area contributed by atoms with Crippen LogP contribution in [0.5, 0.6) is 5.75 Å². The van der Waals surface area contributed by atoms with Crippen LogP contribution in [0.2, 0.25) is 0 Å². The topological polar surface area (TPSA) is 41.6 Å². The van der Waals surface area contributed by atoms with E-state index in [-0.39, 0.29) is 11.9 Å². The molecule has 4 heteroatoms. The van der Waals surface area contributed by atoms with Gasteiger partial charge in [0.1, 0.15) is 5.75 Å². The van der Waals surface area contributed by atoms with E-state index in [0.29, 0.717) is 12.5 Å². The number of rotatable bonds is 6. The highest BCUT2D eigenvalue weighted by Gasteiger charge is 2.30. The number of likely N-dealkylation sites (tertiary alicyclic amines) is 1. The Kier molecular flexibility index (Phi) is 5.71. The molecule has 1 fully saturated rings. The molecule has 1 aliphatic rings. The molecule has 1 saturated heterocycles. The summed E-state index contributed by atoms with van der Waals surface area (Å²) in [6.07, 6.45) is 1.11. The zero-order valence-electron chi connectivity index (χ0n) is 14.9. The third kappa shape index (κ3) is 4.40. The Morgan fingerprint density at radius 3 is 2.60 bits per heavy atom. The van der Waals surface area contributed by atoms with E-state index < -0.39 is 0 Å². The van der Waals surface area contributed by atoms with Crippen molar-refractivity contribution in [2.24, 2.45) is 0 Å². The molecule has 0 aliphatic carbocycles. The van der Waals surface area contributed by atoms with Crippen LogP contribution in [0.3, 0.4) is 0 Å². The summed E-state index contributed by atoms with van der Waals surface area (Å²) in [5, 5.41) is 3.05. The number of hydrogen-bond acceptors (Lipinski definition) is 3. The van der Waals surface area contributed by atoms with Crippen molar-refractivity contribution >= 4 is 5.91 Å². The fraction of sp³-hybridized carbons (Fsp3) is 0.381. The van der Waals surface area contributed by atoms with E-state index in [0.717, 1.165) is 30.8 Å². The molecule has 25 heavy (non-hydrogen) atoms. The summed E-state index contributed by atoms with van der Waals surface area (Å²) in [6, 6.07) is 18.3. The predicted molar refractivity (Wildman–Crippen MR) is 99.7 cm³/mol.